The van der Waals surface area contributed by atoms with Crippen LogP contribution < -0.4 is 9.64 Å². The quantitative estimate of drug-likeness (QED) is 0.698. The lowest BCUT2D eigenvalue weighted by atomic mass is 10.1. The third kappa shape index (κ3) is 2.81. The Bertz CT molecular complexity index is 1010. The molecule has 3 aromatic heterocycles. The van der Waals surface area contributed by atoms with Gasteiger partial charge in [-0.1, -0.05) is 0 Å². The molecule has 28 heavy (non-hydrogen) atoms. The largest absolute Gasteiger partial charge is 0.495 e. The van der Waals surface area contributed by atoms with Crippen molar-refractivity contribution in [3.8, 4) is 17.0 Å². The van der Waals surface area contributed by atoms with Crippen LogP contribution in [-0.4, -0.2) is 64.0 Å². The highest BCUT2D eigenvalue weighted by Crippen LogP contribution is 2.31. The molecule has 2 aliphatic heterocycles. The van der Waals surface area contributed by atoms with E-state index in [1.54, 1.807) is 7.11 Å². The average Bonchev–Trinajstić information content (AvgIpc) is 3.31. The number of pyridine rings is 2. The zero-order valence-electron chi connectivity index (χ0n) is 16.7. The van der Waals surface area contributed by atoms with Crippen molar-refractivity contribution in [2.75, 3.05) is 38.2 Å². The van der Waals surface area contributed by atoms with E-state index >= 15 is 0 Å². The third-order valence-corrected chi connectivity index (χ3v) is 6.12. The summed E-state index contributed by atoms with van der Waals surface area (Å²) in [5, 5.41) is 4.70. The van der Waals surface area contributed by atoms with Crippen molar-refractivity contribution in [3.05, 3.63) is 30.1 Å². The lowest BCUT2D eigenvalue weighted by molar-refractivity contribution is 0.230. The molecule has 1 unspecified atom stereocenters. The zero-order valence-corrected chi connectivity index (χ0v) is 16.7. The molecule has 0 saturated carbocycles. The van der Waals surface area contributed by atoms with E-state index in [1.165, 1.54) is 19.4 Å². The summed E-state index contributed by atoms with van der Waals surface area (Å²) < 4.78 is 7.26. The Labute approximate surface area is 164 Å². The van der Waals surface area contributed by atoms with Gasteiger partial charge in [0.05, 0.1) is 18.3 Å². The fourth-order valence-corrected chi connectivity index (χ4v) is 4.56. The second kappa shape index (κ2) is 6.74. The first kappa shape index (κ1) is 17.4. The molecule has 146 valence electrons. The number of ether oxygens (including phenoxy) is 1. The van der Waals surface area contributed by atoms with Crippen LogP contribution in [-0.2, 0) is 7.05 Å². The van der Waals surface area contributed by atoms with Crippen molar-refractivity contribution in [3.63, 3.8) is 0 Å². The first-order chi connectivity index (χ1) is 13.6. The monoisotopic (exact) mass is 378 g/mol. The SMILES string of the molecule is COc1cc2c(nc1C)c(-c1ccc(N3CCN4CCCC4C3)nc1)nn2C. The molecule has 0 amide bonds. The van der Waals surface area contributed by atoms with Crippen molar-refractivity contribution in [2.24, 2.45) is 7.05 Å². The van der Waals surface area contributed by atoms with E-state index < -0.39 is 0 Å². The molecule has 3 aromatic rings. The van der Waals surface area contributed by atoms with Crippen LogP contribution in [0.25, 0.3) is 22.3 Å². The van der Waals surface area contributed by atoms with Crippen LogP contribution >= 0.6 is 0 Å². The molecule has 2 fully saturated rings. The highest BCUT2D eigenvalue weighted by Gasteiger charge is 2.31. The first-order valence-electron chi connectivity index (χ1n) is 9.98. The van der Waals surface area contributed by atoms with E-state index in [2.05, 4.69) is 21.9 Å². The molecule has 0 radical (unpaired) electrons. The van der Waals surface area contributed by atoms with E-state index in [0.29, 0.717) is 6.04 Å². The minimum absolute atomic E-state index is 0.692. The van der Waals surface area contributed by atoms with Gasteiger partial charge in [-0.25, -0.2) is 9.97 Å². The summed E-state index contributed by atoms with van der Waals surface area (Å²) in [7, 11) is 3.60. The van der Waals surface area contributed by atoms with Crippen LogP contribution in [0.1, 0.15) is 18.5 Å². The Kier molecular flexibility index (Phi) is 4.19. The maximum atomic E-state index is 5.41. The van der Waals surface area contributed by atoms with E-state index in [4.69, 9.17) is 19.8 Å². The molecular formula is C21H26N6O. The number of rotatable bonds is 3. The smallest absolute Gasteiger partial charge is 0.142 e. The lowest BCUT2D eigenvalue weighted by Crippen LogP contribution is -2.50. The highest BCUT2D eigenvalue weighted by atomic mass is 16.5. The summed E-state index contributed by atoms with van der Waals surface area (Å²) in [5.74, 6) is 1.84. The molecule has 5 heterocycles. The van der Waals surface area contributed by atoms with Gasteiger partial charge in [-0.2, -0.15) is 5.10 Å². The van der Waals surface area contributed by atoms with Gasteiger partial charge in [-0.15, -0.1) is 0 Å². The van der Waals surface area contributed by atoms with Gasteiger partial charge in [0.1, 0.15) is 22.8 Å². The summed E-state index contributed by atoms with van der Waals surface area (Å²) >= 11 is 0. The molecule has 2 aliphatic rings. The summed E-state index contributed by atoms with van der Waals surface area (Å²) in [5.41, 5.74) is 4.56. The van der Waals surface area contributed by atoms with E-state index in [-0.39, 0.29) is 0 Å². The van der Waals surface area contributed by atoms with Gasteiger partial charge in [0.25, 0.3) is 0 Å². The fourth-order valence-electron chi connectivity index (χ4n) is 4.56. The molecule has 7 nitrogen and oxygen atoms in total. The van der Waals surface area contributed by atoms with Crippen LogP contribution in [0.5, 0.6) is 5.75 Å². The van der Waals surface area contributed by atoms with E-state index in [9.17, 15) is 0 Å². The Morgan fingerprint density at radius 3 is 2.86 bits per heavy atom. The molecule has 7 heteroatoms. The van der Waals surface area contributed by atoms with Gasteiger partial charge in [-0.05, 0) is 38.4 Å². The Hall–Kier alpha value is -2.67. The van der Waals surface area contributed by atoms with Gasteiger partial charge in [-0.3, -0.25) is 9.58 Å². The molecule has 0 aliphatic carbocycles. The minimum Gasteiger partial charge on any atom is -0.495 e. The number of anilines is 1. The van der Waals surface area contributed by atoms with Crippen LogP contribution in [0.3, 0.4) is 0 Å². The zero-order chi connectivity index (χ0) is 19.3. The number of methoxy groups -OCH3 is 1. The molecule has 1 atom stereocenters. The van der Waals surface area contributed by atoms with Crippen molar-refractivity contribution in [1.82, 2.24) is 24.6 Å². The number of hydrogen-bond donors (Lipinski definition) is 0. The summed E-state index contributed by atoms with van der Waals surface area (Å²) in [4.78, 5) is 14.5. The summed E-state index contributed by atoms with van der Waals surface area (Å²) in [6.45, 7) is 6.49. The van der Waals surface area contributed by atoms with Crippen molar-refractivity contribution >= 4 is 16.9 Å². The second-order valence-electron chi connectivity index (χ2n) is 7.80. The first-order valence-corrected chi connectivity index (χ1v) is 9.98. The molecular weight excluding hydrogens is 352 g/mol. The van der Waals surface area contributed by atoms with Crippen LogP contribution in [0, 0.1) is 6.92 Å². The van der Waals surface area contributed by atoms with Crippen LogP contribution in [0.4, 0.5) is 5.82 Å². The van der Waals surface area contributed by atoms with Crippen LogP contribution in [0.2, 0.25) is 0 Å². The topological polar surface area (TPSA) is 59.3 Å². The standard InChI is InChI=1S/C21H26N6O/c1-14-18(28-3)11-17-21(23-14)20(24-25(17)2)15-6-7-19(22-12-15)27-10-9-26-8-4-5-16(26)13-27/h6-7,11-12,16H,4-5,8-10,13H2,1-3H3. The number of piperazine rings is 1. The maximum absolute atomic E-state index is 5.41. The average molecular weight is 378 g/mol. The van der Waals surface area contributed by atoms with Crippen molar-refractivity contribution < 1.29 is 4.74 Å². The van der Waals surface area contributed by atoms with Gasteiger partial charge in [0.2, 0.25) is 0 Å². The summed E-state index contributed by atoms with van der Waals surface area (Å²) in [6, 6.07) is 6.93. The van der Waals surface area contributed by atoms with E-state index in [1.807, 2.05) is 30.9 Å². The number of nitrogens with zero attached hydrogens (tertiary/aromatic N) is 6. The number of hydrogen-bond acceptors (Lipinski definition) is 6. The Morgan fingerprint density at radius 2 is 2.07 bits per heavy atom. The number of aromatic nitrogens is 4. The normalized spacial score (nSPS) is 20.0. The fraction of sp³-hybridized carbons (Fsp3) is 0.476. The summed E-state index contributed by atoms with van der Waals surface area (Å²) in [6.07, 6.45) is 4.57. The molecule has 2 saturated heterocycles. The number of aryl methyl sites for hydroxylation is 2. The lowest BCUT2D eigenvalue weighted by Gasteiger charge is -2.38. The molecule has 0 aromatic carbocycles. The van der Waals surface area contributed by atoms with Gasteiger partial charge >= 0.3 is 0 Å². The number of fused-ring (bicyclic) bond motifs is 2. The van der Waals surface area contributed by atoms with Crippen LogP contribution in [0.15, 0.2) is 24.4 Å². The highest BCUT2D eigenvalue weighted by molar-refractivity contribution is 5.90. The van der Waals surface area contributed by atoms with Crippen molar-refractivity contribution in [1.29, 1.82) is 0 Å². The van der Waals surface area contributed by atoms with Gasteiger partial charge in [0.15, 0.2) is 0 Å². The molecule has 0 bridgehead atoms. The Morgan fingerprint density at radius 1 is 1.18 bits per heavy atom. The Balaban J connectivity index is 1.45. The van der Waals surface area contributed by atoms with E-state index in [0.717, 1.165) is 59.2 Å². The minimum atomic E-state index is 0.692. The predicted molar refractivity (Wildman–Crippen MR) is 110 cm³/mol. The molecule has 0 spiro atoms. The second-order valence-corrected chi connectivity index (χ2v) is 7.80. The van der Waals surface area contributed by atoms with Crippen molar-refractivity contribution in [2.45, 2.75) is 25.8 Å². The molecule has 5 rings (SSSR count). The van der Waals surface area contributed by atoms with Gasteiger partial charge < -0.3 is 9.64 Å². The van der Waals surface area contributed by atoms with Gasteiger partial charge in [0, 0.05) is 50.6 Å². The molecule has 0 N–H and O–H groups in total. The maximum Gasteiger partial charge on any atom is 0.142 e. The predicted octanol–water partition coefficient (Wildman–Crippen LogP) is 2.63. The third-order valence-electron chi connectivity index (χ3n) is 6.12.